The first-order valence-electron chi connectivity index (χ1n) is 10.1. The molecule has 0 spiro atoms. The molecule has 4 rings (SSSR count). The lowest BCUT2D eigenvalue weighted by molar-refractivity contribution is 0.260. The Kier molecular flexibility index (Phi) is 6.91. The van der Waals surface area contributed by atoms with Crippen molar-refractivity contribution in [2.45, 2.75) is 50.0 Å². The SMILES string of the molecule is CN(C)Cc1cccc(S(N)(=O)=NC(=O)Nc2c3c(cc4c2CCC4)CCC3)c1.S. The molecule has 0 aromatic heterocycles. The molecule has 0 saturated heterocycles. The van der Waals surface area contributed by atoms with Crippen LogP contribution >= 0.6 is 13.5 Å². The molecule has 0 saturated carbocycles. The average Bonchev–Trinajstić information content (AvgIpc) is 3.29. The summed E-state index contributed by atoms with van der Waals surface area (Å²) in [5.41, 5.74) is 6.94. The number of aryl methyl sites for hydroxylation is 2. The number of nitrogens with two attached hydrogens (primary N) is 1. The minimum Gasteiger partial charge on any atom is -0.305 e. The summed E-state index contributed by atoms with van der Waals surface area (Å²) in [6.07, 6.45) is 6.23. The van der Waals surface area contributed by atoms with Crippen LogP contribution in [0.15, 0.2) is 39.6 Å². The van der Waals surface area contributed by atoms with Crippen LogP contribution in [0.4, 0.5) is 10.5 Å². The molecule has 8 heteroatoms. The van der Waals surface area contributed by atoms with Gasteiger partial charge in [0.25, 0.3) is 0 Å². The van der Waals surface area contributed by atoms with Crippen LogP contribution in [0.5, 0.6) is 0 Å². The van der Waals surface area contributed by atoms with Gasteiger partial charge < -0.3 is 10.2 Å². The Morgan fingerprint density at radius 2 is 1.73 bits per heavy atom. The maximum atomic E-state index is 13.0. The molecule has 0 heterocycles. The van der Waals surface area contributed by atoms with E-state index in [0.717, 1.165) is 49.8 Å². The number of fused-ring (bicyclic) bond motifs is 2. The van der Waals surface area contributed by atoms with E-state index in [4.69, 9.17) is 5.14 Å². The van der Waals surface area contributed by atoms with Gasteiger partial charge in [-0.05, 0) is 92.6 Å². The molecule has 0 aliphatic heterocycles. The summed E-state index contributed by atoms with van der Waals surface area (Å²) in [6, 6.07) is 8.83. The van der Waals surface area contributed by atoms with Crippen LogP contribution < -0.4 is 10.5 Å². The van der Waals surface area contributed by atoms with Crippen LogP contribution in [-0.4, -0.2) is 29.2 Å². The van der Waals surface area contributed by atoms with Gasteiger partial charge in [0.15, 0.2) is 0 Å². The van der Waals surface area contributed by atoms with E-state index in [2.05, 4.69) is 15.7 Å². The zero-order valence-electron chi connectivity index (χ0n) is 17.5. The third-order valence-electron chi connectivity index (χ3n) is 5.66. The Balaban J connectivity index is 0.00000256. The Hall–Kier alpha value is -1.87. The Morgan fingerprint density at radius 3 is 2.33 bits per heavy atom. The first kappa shape index (κ1) is 22.8. The standard InChI is InChI=1S/C22H28N4O2S.H2S/c1-26(2)14-15-6-3-9-18(12-15)29(23,28)25-22(27)24-21-19-10-4-7-16(19)13-17-8-5-11-20(17)21;/h3,6,9,12-13H,4-5,7-8,10-11,14H2,1-2H3,(H3,23,24,25,27,28);1H2. The van der Waals surface area contributed by atoms with Crippen molar-refractivity contribution in [3.05, 3.63) is 58.1 Å². The van der Waals surface area contributed by atoms with E-state index in [1.165, 1.54) is 22.3 Å². The van der Waals surface area contributed by atoms with Crippen molar-refractivity contribution in [2.24, 2.45) is 9.50 Å². The van der Waals surface area contributed by atoms with Crippen LogP contribution in [0.2, 0.25) is 0 Å². The normalized spacial score (nSPS) is 16.4. The van der Waals surface area contributed by atoms with Crippen molar-refractivity contribution in [3.63, 3.8) is 0 Å². The molecule has 0 radical (unpaired) electrons. The van der Waals surface area contributed by atoms with Crippen molar-refractivity contribution in [1.29, 1.82) is 0 Å². The van der Waals surface area contributed by atoms with Crippen molar-refractivity contribution >= 4 is 35.1 Å². The van der Waals surface area contributed by atoms with Gasteiger partial charge in [-0.3, -0.25) is 0 Å². The number of hydrogen-bond acceptors (Lipinski definition) is 3. The Morgan fingerprint density at radius 1 is 1.10 bits per heavy atom. The zero-order valence-corrected chi connectivity index (χ0v) is 19.3. The van der Waals surface area contributed by atoms with E-state index in [9.17, 15) is 9.00 Å². The largest absolute Gasteiger partial charge is 0.354 e. The summed E-state index contributed by atoms with van der Waals surface area (Å²) in [7, 11) is 0.597. The van der Waals surface area contributed by atoms with Crippen LogP contribution in [0.1, 0.15) is 40.7 Å². The van der Waals surface area contributed by atoms with Gasteiger partial charge in [-0.1, -0.05) is 18.2 Å². The van der Waals surface area contributed by atoms with E-state index < -0.39 is 15.9 Å². The molecule has 30 heavy (non-hydrogen) atoms. The second-order valence-electron chi connectivity index (χ2n) is 8.21. The maximum absolute atomic E-state index is 13.0. The molecule has 2 aliphatic carbocycles. The molecule has 0 bridgehead atoms. The highest BCUT2D eigenvalue weighted by Crippen LogP contribution is 2.38. The lowest BCUT2D eigenvalue weighted by Crippen LogP contribution is -2.19. The quantitative estimate of drug-likeness (QED) is 0.749. The van der Waals surface area contributed by atoms with E-state index >= 15 is 0 Å². The van der Waals surface area contributed by atoms with Crippen LogP contribution in [0, 0.1) is 0 Å². The van der Waals surface area contributed by atoms with Gasteiger partial charge in [-0.25, -0.2) is 14.1 Å². The number of urea groups is 1. The van der Waals surface area contributed by atoms with Crippen LogP contribution in [0.25, 0.3) is 0 Å². The summed E-state index contributed by atoms with van der Waals surface area (Å²) < 4.78 is 16.9. The molecule has 6 nitrogen and oxygen atoms in total. The summed E-state index contributed by atoms with van der Waals surface area (Å²) in [4.78, 5) is 15.1. The predicted molar refractivity (Wildman–Crippen MR) is 127 cm³/mol. The number of rotatable bonds is 4. The first-order chi connectivity index (χ1) is 13.8. The van der Waals surface area contributed by atoms with Crippen LogP contribution in [0.3, 0.4) is 0 Å². The van der Waals surface area contributed by atoms with Crippen molar-refractivity contribution < 1.29 is 9.00 Å². The fourth-order valence-corrected chi connectivity index (χ4v) is 5.45. The van der Waals surface area contributed by atoms with Gasteiger partial charge in [0.2, 0.25) is 0 Å². The Bertz CT molecular complexity index is 1060. The number of nitrogens with one attached hydrogen (secondary N) is 1. The molecule has 1 atom stereocenters. The fourth-order valence-electron chi connectivity index (χ4n) is 4.46. The Labute approximate surface area is 186 Å². The molecule has 2 aromatic rings. The van der Waals surface area contributed by atoms with Gasteiger partial charge in [0.1, 0.15) is 9.92 Å². The van der Waals surface area contributed by atoms with Gasteiger partial charge in [-0.15, -0.1) is 4.36 Å². The topological polar surface area (TPSA) is 87.8 Å². The molecule has 2 amide bonds. The highest BCUT2D eigenvalue weighted by molar-refractivity contribution is 7.91. The van der Waals surface area contributed by atoms with Gasteiger partial charge in [0.05, 0.1) is 4.90 Å². The molecular weight excluding hydrogens is 416 g/mol. The second-order valence-corrected chi connectivity index (χ2v) is 10.0. The second kappa shape index (κ2) is 9.09. The fraction of sp³-hybridized carbons (Fsp3) is 0.409. The third-order valence-corrected chi connectivity index (χ3v) is 7.02. The summed E-state index contributed by atoms with van der Waals surface area (Å²) in [5, 5.41) is 8.95. The van der Waals surface area contributed by atoms with E-state index in [-0.39, 0.29) is 13.5 Å². The zero-order chi connectivity index (χ0) is 20.6. The smallest absolute Gasteiger partial charge is 0.305 e. The van der Waals surface area contributed by atoms with Crippen molar-refractivity contribution in [3.8, 4) is 0 Å². The molecule has 162 valence electrons. The summed E-state index contributed by atoms with van der Waals surface area (Å²) in [5.74, 6) is 0. The van der Waals surface area contributed by atoms with Gasteiger partial charge >= 0.3 is 6.03 Å². The molecule has 3 N–H and O–H groups in total. The average molecular weight is 447 g/mol. The van der Waals surface area contributed by atoms with Crippen molar-refractivity contribution in [1.82, 2.24) is 4.90 Å². The number of carbonyl (C=O) groups is 1. The monoisotopic (exact) mass is 446 g/mol. The van der Waals surface area contributed by atoms with Gasteiger partial charge in [0, 0.05) is 12.2 Å². The molecule has 1 unspecified atom stereocenters. The molecule has 2 aromatic carbocycles. The predicted octanol–water partition coefficient (Wildman–Crippen LogP) is 3.77. The number of nitrogens with zero attached hydrogens (tertiary/aromatic N) is 2. The minimum absolute atomic E-state index is 0. The van der Waals surface area contributed by atoms with E-state index in [1.807, 2.05) is 25.1 Å². The van der Waals surface area contributed by atoms with E-state index in [0.29, 0.717) is 11.4 Å². The molecular formula is C22H30N4O2S2. The van der Waals surface area contributed by atoms with Gasteiger partial charge in [-0.2, -0.15) is 13.5 Å². The van der Waals surface area contributed by atoms with Crippen LogP contribution in [-0.2, 0) is 42.1 Å². The summed E-state index contributed by atoms with van der Waals surface area (Å²) >= 11 is 0. The highest BCUT2D eigenvalue weighted by atomic mass is 32.2. The van der Waals surface area contributed by atoms with Crippen molar-refractivity contribution in [2.75, 3.05) is 19.4 Å². The lowest BCUT2D eigenvalue weighted by atomic mass is 9.99. The third kappa shape index (κ3) is 4.72. The molecule has 0 fully saturated rings. The number of hydrogen-bond donors (Lipinski definition) is 2. The van der Waals surface area contributed by atoms with E-state index in [1.54, 1.807) is 18.2 Å². The maximum Gasteiger partial charge on any atom is 0.354 e. The number of carbonyl (C=O) groups excluding carboxylic acids is 1. The lowest BCUT2D eigenvalue weighted by Gasteiger charge is -2.15. The highest BCUT2D eigenvalue weighted by Gasteiger charge is 2.25. The summed E-state index contributed by atoms with van der Waals surface area (Å²) in [6.45, 7) is 0.692. The first-order valence-corrected chi connectivity index (χ1v) is 11.7. The number of benzene rings is 2. The number of anilines is 1. The molecule has 2 aliphatic rings. The number of amides is 2. The minimum atomic E-state index is -3.32.